The van der Waals surface area contributed by atoms with Crippen LogP contribution < -0.4 is 15.4 Å². The highest BCUT2D eigenvalue weighted by Crippen LogP contribution is 2.31. The van der Waals surface area contributed by atoms with E-state index in [1.807, 2.05) is 6.92 Å². The van der Waals surface area contributed by atoms with Gasteiger partial charge < -0.3 is 15.4 Å². The Balaban J connectivity index is 2.14. The molecule has 1 heterocycles. The van der Waals surface area contributed by atoms with Crippen molar-refractivity contribution in [2.24, 2.45) is 5.92 Å². The molecule has 2 rings (SSSR count). The molecule has 1 aromatic carbocycles. The van der Waals surface area contributed by atoms with Crippen LogP contribution in [0.4, 0.5) is 5.69 Å². The minimum atomic E-state index is -0.438. The van der Waals surface area contributed by atoms with Crippen molar-refractivity contribution in [2.45, 2.75) is 27.2 Å². The van der Waals surface area contributed by atoms with Crippen LogP contribution in [0.25, 0.3) is 0 Å². The van der Waals surface area contributed by atoms with E-state index < -0.39 is 5.91 Å². The monoisotopic (exact) mass is 389 g/mol. The number of anilines is 1. The van der Waals surface area contributed by atoms with Crippen LogP contribution >= 0.6 is 11.6 Å². The minimum absolute atomic E-state index is 0.140. The summed E-state index contributed by atoms with van der Waals surface area (Å²) in [7, 11) is 1.50. The first kappa shape index (κ1) is 20.7. The van der Waals surface area contributed by atoms with Crippen molar-refractivity contribution in [1.82, 2.24) is 10.3 Å². The number of hydrogen-bond donors (Lipinski definition) is 2. The van der Waals surface area contributed by atoms with Gasteiger partial charge in [-0.2, -0.15) is 0 Å². The summed E-state index contributed by atoms with van der Waals surface area (Å²) in [6.45, 7) is 6.60. The summed E-state index contributed by atoms with van der Waals surface area (Å²) in [5.74, 6) is 0.280. The number of aryl methyl sites for hydroxylation is 1. The Hall–Kier alpha value is -2.60. The van der Waals surface area contributed by atoms with Gasteiger partial charge in [0.15, 0.2) is 0 Å². The number of carbonyl (C=O) groups excluding carboxylic acids is 2. The molecular formula is C20H24ClN3O3. The van der Waals surface area contributed by atoms with E-state index in [4.69, 9.17) is 16.3 Å². The SMILES string of the molecule is COc1cc(Cl)c(C)cc1NC(=O)c1cc(C(=O)NCCC(C)C)ccn1. The molecule has 0 fully saturated rings. The largest absolute Gasteiger partial charge is 0.495 e. The standard InChI is InChI=1S/C20H24ClN3O3/c1-12(2)5-7-23-19(25)14-6-8-22-17(10-14)20(26)24-16-9-13(3)15(21)11-18(16)27-4/h6,8-12H,5,7H2,1-4H3,(H,23,25)(H,24,26). The summed E-state index contributed by atoms with van der Waals surface area (Å²) in [4.78, 5) is 28.9. The summed E-state index contributed by atoms with van der Waals surface area (Å²) < 4.78 is 5.26. The highest BCUT2D eigenvalue weighted by molar-refractivity contribution is 6.31. The third-order valence-corrected chi connectivity index (χ3v) is 4.40. The lowest BCUT2D eigenvalue weighted by molar-refractivity contribution is 0.0952. The number of nitrogens with one attached hydrogen (secondary N) is 2. The fourth-order valence-corrected chi connectivity index (χ4v) is 2.54. The van der Waals surface area contributed by atoms with Crippen LogP contribution in [0, 0.1) is 12.8 Å². The lowest BCUT2D eigenvalue weighted by Gasteiger charge is -2.12. The van der Waals surface area contributed by atoms with E-state index in [2.05, 4.69) is 29.5 Å². The topological polar surface area (TPSA) is 80.3 Å². The van der Waals surface area contributed by atoms with Crippen LogP contribution in [-0.2, 0) is 0 Å². The lowest BCUT2D eigenvalue weighted by atomic mass is 10.1. The zero-order valence-electron chi connectivity index (χ0n) is 15.9. The molecule has 0 aliphatic heterocycles. The summed E-state index contributed by atoms with van der Waals surface area (Å²) in [5, 5.41) is 6.14. The lowest BCUT2D eigenvalue weighted by Crippen LogP contribution is -2.26. The van der Waals surface area contributed by atoms with E-state index >= 15 is 0 Å². The average molecular weight is 390 g/mol. The predicted octanol–water partition coefficient (Wildman–Crippen LogP) is 4.08. The van der Waals surface area contributed by atoms with E-state index in [0.717, 1.165) is 12.0 Å². The maximum atomic E-state index is 12.6. The van der Waals surface area contributed by atoms with Gasteiger partial charge >= 0.3 is 0 Å². The molecule has 0 aliphatic carbocycles. The van der Waals surface area contributed by atoms with Gasteiger partial charge in [-0.05, 0) is 43.0 Å². The van der Waals surface area contributed by atoms with Crippen molar-refractivity contribution in [2.75, 3.05) is 19.0 Å². The van der Waals surface area contributed by atoms with E-state index in [1.165, 1.54) is 19.4 Å². The first-order chi connectivity index (χ1) is 12.8. The predicted molar refractivity (Wildman–Crippen MR) is 107 cm³/mol. The molecular weight excluding hydrogens is 366 g/mol. The molecule has 6 nitrogen and oxygen atoms in total. The molecule has 1 aromatic heterocycles. The second-order valence-electron chi connectivity index (χ2n) is 6.62. The van der Waals surface area contributed by atoms with Crippen LogP contribution in [0.2, 0.25) is 5.02 Å². The fraction of sp³-hybridized carbons (Fsp3) is 0.350. The third-order valence-electron chi connectivity index (χ3n) is 3.99. The van der Waals surface area contributed by atoms with Gasteiger partial charge in [0.05, 0.1) is 12.8 Å². The maximum absolute atomic E-state index is 12.6. The molecule has 144 valence electrons. The van der Waals surface area contributed by atoms with Crippen molar-refractivity contribution in [3.8, 4) is 5.75 Å². The molecule has 0 unspecified atom stereocenters. The Labute approximate surface area is 164 Å². The quantitative estimate of drug-likeness (QED) is 0.747. The van der Waals surface area contributed by atoms with E-state index in [0.29, 0.717) is 34.5 Å². The Bertz CT molecular complexity index is 837. The molecule has 0 aliphatic rings. The van der Waals surface area contributed by atoms with E-state index in [9.17, 15) is 9.59 Å². The zero-order chi connectivity index (χ0) is 20.0. The summed E-state index contributed by atoms with van der Waals surface area (Å²) in [6, 6.07) is 6.41. The second kappa shape index (κ2) is 9.37. The van der Waals surface area contributed by atoms with Crippen LogP contribution in [0.15, 0.2) is 30.5 Å². The van der Waals surface area contributed by atoms with Gasteiger partial charge in [0.1, 0.15) is 11.4 Å². The fourth-order valence-electron chi connectivity index (χ4n) is 2.39. The Morgan fingerprint density at radius 2 is 1.96 bits per heavy atom. The van der Waals surface area contributed by atoms with Crippen LogP contribution in [0.5, 0.6) is 5.75 Å². The highest BCUT2D eigenvalue weighted by Gasteiger charge is 2.15. The molecule has 2 aromatic rings. The van der Waals surface area contributed by atoms with Gasteiger partial charge in [-0.1, -0.05) is 25.4 Å². The number of nitrogens with zero attached hydrogens (tertiary/aromatic N) is 1. The van der Waals surface area contributed by atoms with Gasteiger partial charge in [0.2, 0.25) is 0 Å². The molecule has 2 amide bonds. The molecule has 0 saturated carbocycles. The molecule has 7 heteroatoms. The maximum Gasteiger partial charge on any atom is 0.274 e. The Kier molecular flexibility index (Phi) is 7.19. The number of methoxy groups -OCH3 is 1. The van der Waals surface area contributed by atoms with E-state index in [-0.39, 0.29) is 11.6 Å². The summed E-state index contributed by atoms with van der Waals surface area (Å²) in [6.07, 6.45) is 2.33. The average Bonchev–Trinajstić information content (AvgIpc) is 2.64. The number of aromatic nitrogens is 1. The molecule has 2 N–H and O–H groups in total. The van der Waals surface area contributed by atoms with Gasteiger partial charge in [0, 0.05) is 29.4 Å². The van der Waals surface area contributed by atoms with Crippen molar-refractivity contribution < 1.29 is 14.3 Å². The summed E-state index contributed by atoms with van der Waals surface area (Å²) in [5.41, 5.74) is 1.82. The number of carbonyl (C=O) groups is 2. The molecule has 0 bridgehead atoms. The van der Waals surface area contributed by atoms with Crippen LogP contribution in [-0.4, -0.2) is 30.5 Å². The van der Waals surface area contributed by atoms with Crippen LogP contribution in [0.3, 0.4) is 0 Å². The summed E-state index contributed by atoms with van der Waals surface area (Å²) >= 11 is 6.09. The van der Waals surface area contributed by atoms with E-state index in [1.54, 1.807) is 18.2 Å². The van der Waals surface area contributed by atoms with Gasteiger partial charge in [-0.15, -0.1) is 0 Å². The third kappa shape index (κ3) is 5.69. The highest BCUT2D eigenvalue weighted by atomic mass is 35.5. The molecule has 0 saturated heterocycles. The van der Waals surface area contributed by atoms with Crippen molar-refractivity contribution in [3.63, 3.8) is 0 Å². The minimum Gasteiger partial charge on any atom is -0.495 e. The second-order valence-corrected chi connectivity index (χ2v) is 7.03. The number of hydrogen-bond acceptors (Lipinski definition) is 4. The first-order valence-corrected chi connectivity index (χ1v) is 9.09. The number of amides is 2. The molecule has 0 radical (unpaired) electrons. The molecule has 0 atom stereocenters. The number of rotatable bonds is 7. The number of pyridine rings is 1. The normalized spacial score (nSPS) is 10.6. The Morgan fingerprint density at radius 1 is 1.22 bits per heavy atom. The van der Waals surface area contributed by atoms with Crippen molar-refractivity contribution >= 4 is 29.1 Å². The number of ether oxygens (including phenoxy) is 1. The smallest absolute Gasteiger partial charge is 0.274 e. The number of benzene rings is 1. The Morgan fingerprint density at radius 3 is 2.63 bits per heavy atom. The van der Waals surface area contributed by atoms with Gasteiger partial charge in [-0.3, -0.25) is 14.6 Å². The molecule has 0 spiro atoms. The van der Waals surface area contributed by atoms with Crippen LogP contribution in [0.1, 0.15) is 46.7 Å². The number of halogens is 1. The first-order valence-electron chi connectivity index (χ1n) is 8.71. The zero-order valence-corrected chi connectivity index (χ0v) is 16.7. The van der Waals surface area contributed by atoms with Crippen molar-refractivity contribution in [3.05, 3.63) is 52.3 Å². The van der Waals surface area contributed by atoms with Gasteiger partial charge in [-0.25, -0.2) is 0 Å². The van der Waals surface area contributed by atoms with Gasteiger partial charge in [0.25, 0.3) is 11.8 Å². The molecule has 27 heavy (non-hydrogen) atoms. The van der Waals surface area contributed by atoms with Crippen molar-refractivity contribution in [1.29, 1.82) is 0 Å².